The summed E-state index contributed by atoms with van der Waals surface area (Å²) >= 11 is 4.94. The normalized spacial score (nSPS) is 10.8. The second kappa shape index (κ2) is 10.9. The van der Waals surface area contributed by atoms with Crippen LogP contribution in [-0.4, -0.2) is 23.7 Å². The van der Waals surface area contributed by atoms with Crippen LogP contribution >= 0.6 is 27.3 Å². The van der Waals surface area contributed by atoms with Crippen LogP contribution in [0, 0.1) is 6.92 Å². The average molecular weight is 521 g/mol. The van der Waals surface area contributed by atoms with Crippen LogP contribution < -0.4 is 15.5 Å². The molecular weight excluding hydrogens is 500 g/mol. The summed E-state index contributed by atoms with van der Waals surface area (Å²) < 4.78 is 6.64. The first-order valence-corrected chi connectivity index (χ1v) is 11.8. The first-order chi connectivity index (χ1) is 16.1. The van der Waals surface area contributed by atoms with Crippen molar-refractivity contribution < 1.29 is 9.53 Å². The molecule has 1 amide bonds. The van der Waals surface area contributed by atoms with Gasteiger partial charge in [-0.25, -0.2) is 4.98 Å². The summed E-state index contributed by atoms with van der Waals surface area (Å²) in [5, 5.41) is 9.83. The zero-order valence-corrected chi connectivity index (χ0v) is 20.2. The van der Waals surface area contributed by atoms with Gasteiger partial charge in [0.15, 0.2) is 6.61 Å². The van der Waals surface area contributed by atoms with Crippen LogP contribution in [0.5, 0.6) is 5.75 Å². The van der Waals surface area contributed by atoms with Crippen molar-refractivity contribution in [2.24, 2.45) is 5.10 Å². The van der Waals surface area contributed by atoms with E-state index in [2.05, 4.69) is 36.8 Å². The lowest BCUT2D eigenvalue weighted by Gasteiger charge is -2.11. The van der Waals surface area contributed by atoms with Gasteiger partial charge in [-0.05, 0) is 36.8 Å². The van der Waals surface area contributed by atoms with Gasteiger partial charge >= 0.3 is 0 Å². The monoisotopic (exact) mass is 520 g/mol. The summed E-state index contributed by atoms with van der Waals surface area (Å²) in [6.07, 6.45) is 1.64. The molecule has 2 N–H and O–H groups in total. The highest BCUT2D eigenvalue weighted by atomic mass is 79.9. The van der Waals surface area contributed by atoms with Gasteiger partial charge in [-0.3, -0.25) is 10.2 Å². The average Bonchev–Trinajstić information content (AvgIpc) is 3.30. The number of hydrazone groups is 1. The molecule has 1 heterocycles. The maximum absolute atomic E-state index is 12.3. The van der Waals surface area contributed by atoms with E-state index in [9.17, 15) is 4.79 Å². The van der Waals surface area contributed by atoms with Gasteiger partial charge in [-0.1, -0.05) is 64.5 Å². The Bertz CT molecular complexity index is 1270. The molecule has 0 spiro atoms. The molecule has 0 unspecified atom stereocenters. The molecule has 3 aromatic carbocycles. The van der Waals surface area contributed by atoms with E-state index in [1.165, 1.54) is 11.3 Å². The van der Waals surface area contributed by atoms with Gasteiger partial charge in [0, 0.05) is 26.7 Å². The van der Waals surface area contributed by atoms with E-state index in [1.54, 1.807) is 12.3 Å². The third-order valence-corrected chi connectivity index (χ3v) is 5.93. The Labute approximate surface area is 204 Å². The summed E-state index contributed by atoms with van der Waals surface area (Å²) in [7, 11) is 0. The predicted molar refractivity (Wildman–Crippen MR) is 138 cm³/mol. The lowest BCUT2D eigenvalue weighted by atomic mass is 10.2. The molecule has 0 aliphatic rings. The number of nitrogens with zero attached hydrogens (tertiary/aromatic N) is 2. The first-order valence-electron chi connectivity index (χ1n) is 10.2. The van der Waals surface area contributed by atoms with Crippen molar-refractivity contribution in [2.45, 2.75) is 6.92 Å². The Kier molecular flexibility index (Phi) is 7.49. The molecule has 8 heteroatoms. The van der Waals surface area contributed by atoms with E-state index in [-0.39, 0.29) is 12.5 Å². The SMILES string of the molecule is Cc1ccccc1NC(=O)COc1ccc(Br)cc1C=NNc1nc(-c2ccccc2)cs1. The van der Waals surface area contributed by atoms with Gasteiger partial charge in [-0.2, -0.15) is 5.10 Å². The summed E-state index contributed by atoms with van der Waals surface area (Å²) in [6, 6.07) is 23.1. The summed E-state index contributed by atoms with van der Waals surface area (Å²) in [4.78, 5) is 16.9. The minimum absolute atomic E-state index is 0.114. The number of rotatable bonds is 8. The molecule has 4 rings (SSSR count). The van der Waals surface area contributed by atoms with Crippen molar-refractivity contribution >= 4 is 50.2 Å². The molecule has 4 aromatic rings. The number of carbonyl (C=O) groups is 1. The zero-order chi connectivity index (χ0) is 23.0. The summed E-state index contributed by atoms with van der Waals surface area (Å²) in [5.41, 5.74) is 7.39. The molecule has 0 radical (unpaired) electrons. The van der Waals surface area contributed by atoms with Crippen molar-refractivity contribution in [2.75, 3.05) is 17.3 Å². The Morgan fingerprint density at radius 1 is 1.12 bits per heavy atom. The van der Waals surface area contributed by atoms with Crippen molar-refractivity contribution in [3.63, 3.8) is 0 Å². The second-order valence-corrected chi connectivity index (χ2v) is 8.88. The second-order valence-electron chi connectivity index (χ2n) is 7.11. The minimum Gasteiger partial charge on any atom is -0.483 e. The topological polar surface area (TPSA) is 75.6 Å². The van der Waals surface area contributed by atoms with Gasteiger partial charge in [0.25, 0.3) is 5.91 Å². The largest absolute Gasteiger partial charge is 0.483 e. The highest BCUT2D eigenvalue weighted by Gasteiger charge is 2.09. The molecule has 0 atom stereocenters. The number of aromatic nitrogens is 1. The maximum Gasteiger partial charge on any atom is 0.262 e. The number of aryl methyl sites for hydroxylation is 1. The van der Waals surface area contributed by atoms with Crippen LogP contribution in [0.2, 0.25) is 0 Å². The van der Waals surface area contributed by atoms with E-state index in [4.69, 9.17) is 4.74 Å². The van der Waals surface area contributed by atoms with Crippen LogP contribution in [0.15, 0.2) is 87.8 Å². The quantitative estimate of drug-likeness (QED) is 0.210. The number of para-hydroxylation sites is 1. The van der Waals surface area contributed by atoms with Crippen LogP contribution in [0.3, 0.4) is 0 Å². The molecule has 166 valence electrons. The fraction of sp³-hybridized carbons (Fsp3) is 0.0800. The number of carbonyl (C=O) groups excluding carboxylic acids is 1. The number of amides is 1. The fourth-order valence-electron chi connectivity index (χ4n) is 3.02. The van der Waals surface area contributed by atoms with Gasteiger partial charge in [0.05, 0.1) is 11.9 Å². The molecule has 6 nitrogen and oxygen atoms in total. The number of ether oxygens (including phenoxy) is 1. The van der Waals surface area contributed by atoms with E-state index < -0.39 is 0 Å². The van der Waals surface area contributed by atoms with Crippen LogP contribution in [0.1, 0.15) is 11.1 Å². The molecule has 1 aromatic heterocycles. The molecule has 0 aliphatic heterocycles. The van der Waals surface area contributed by atoms with E-state index in [0.717, 1.165) is 32.5 Å². The molecule has 0 fully saturated rings. The number of hydrogen-bond donors (Lipinski definition) is 2. The molecule has 0 aliphatic carbocycles. The Balaban J connectivity index is 1.39. The smallest absolute Gasteiger partial charge is 0.262 e. The molecule has 33 heavy (non-hydrogen) atoms. The van der Waals surface area contributed by atoms with Gasteiger partial charge < -0.3 is 10.1 Å². The summed E-state index contributed by atoms with van der Waals surface area (Å²) in [6.45, 7) is 1.83. The number of hydrogen-bond acceptors (Lipinski definition) is 6. The third-order valence-electron chi connectivity index (χ3n) is 4.69. The van der Waals surface area contributed by atoms with Crippen molar-refractivity contribution in [3.8, 4) is 17.0 Å². The Hall–Kier alpha value is -3.49. The van der Waals surface area contributed by atoms with Crippen LogP contribution in [0.25, 0.3) is 11.3 Å². The minimum atomic E-state index is -0.232. The standard InChI is InChI=1S/C25H21BrN4O2S/c1-17-7-5-6-10-21(17)28-24(31)15-32-23-12-11-20(26)13-19(23)14-27-30-25-29-22(16-33-25)18-8-3-2-4-9-18/h2-14,16H,15H2,1H3,(H,28,31)(H,29,30). The van der Waals surface area contributed by atoms with Crippen molar-refractivity contribution in [3.05, 3.63) is 93.8 Å². The highest BCUT2D eigenvalue weighted by Crippen LogP contribution is 2.25. The number of thiazole rings is 1. The number of anilines is 2. The molecule has 0 saturated carbocycles. The maximum atomic E-state index is 12.3. The number of halogens is 1. The Morgan fingerprint density at radius 3 is 2.73 bits per heavy atom. The van der Waals surface area contributed by atoms with Crippen molar-refractivity contribution in [1.82, 2.24) is 4.98 Å². The number of nitrogens with one attached hydrogen (secondary N) is 2. The van der Waals surface area contributed by atoms with E-state index >= 15 is 0 Å². The van der Waals surface area contributed by atoms with Crippen LogP contribution in [-0.2, 0) is 4.79 Å². The lowest BCUT2D eigenvalue weighted by molar-refractivity contribution is -0.118. The summed E-state index contributed by atoms with van der Waals surface area (Å²) in [5.74, 6) is 0.317. The first kappa shape index (κ1) is 22.7. The molecular formula is C25H21BrN4O2S. The predicted octanol–water partition coefficient (Wildman–Crippen LogP) is 6.34. The third kappa shape index (κ3) is 6.27. The molecule has 0 bridgehead atoms. The zero-order valence-electron chi connectivity index (χ0n) is 17.8. The van der Waals surface area contributed by atoms with Crippen LogP contribution in [0.4, 0.5) is 10.8 Å². The Morgan fingerprint density at radius 2 is 1.91 bits per heavy atom. The van der Waals surface area contributed by atoms with Gasteiger partial charge in [-0.15, -0.1) is 11.3 Å². The highest BCUT2D eigenvalue weighted by molar-refractivity contribution is 9.10. The van der Waals surface area contributed by atoms with Gasteiger partial charge in [0.2, 0.25) is 5.13 Å². The van der Waals surface area contributed by atoms with Crippen molar-refractivity contribution in [1.29, 1.82) is 0 Å². The molecule has 0 saturated heterocycles. The number of benzene rings is 3. The van der Waals surface area contributed by atoms with E-state index in [0.29, 0.717) is 10.9 Å². The van der Waals surface area contributed by atoms with E-state index in [1.807, 2.05) is 79.0 Å². The van der Waals surface area contributed by atoms with Gasteiger partial charge in [0.1, 0.15) is 5.75 Å². The fourth-order valence-corrected chi connectivity index (χ4v) is 4.07. The lowest BCUT2D eigenvalue weighted by Crippen LogP contribution is -2.21.